The lowest BCUT2D eigenvalue weighted by Crippen LogP contribution is -2.42. The third kappa shape index (κ3) is 3.38. The second-order valence-corrected chi connectivity index (χ2v) is 7.66. The molecule has 1 saturated carbocycles. The van der Waals surface area contributed by atoms with E-state index in [-0.39, 0.29) is 29.6 Å². The Labute approximate surface area is 154 Å². The molecular weight excluding hydrogens is 352 g/mol. The number of rotatable bonds is 6. The molecule has 0 bridgehead atoms. The minimum atomic E-state index is -0.407. The smallest absolute Gasteiger partial charge is 0.332 e. The average molecular weight is 374 g/mol. The van der Waals surface area contributed by atoms with Gasteiger partial charge in [-0.1, -0.05) is 11.6 Å². The number of hydrogen-bond acceptors (Lipinski definition) is 5. The highest BCUT2D eigenvalue weighted by molar-refractivity contribution is 7.04. The predicted molar refractivity (Wildman–Crippen MR) is 101 cm³/mol. The van der Waals surface area contributed by atoms with E-state index in [2.05, 4.69) is 15.8 Å². The Balaban J connectivity index is 1.50. The van der Waals surface area contributed by atoms with Crippen LogP contribution in [-0.2, 0) is 11.3 Å². The van der Waals surface area contributed by atoms with Crippen LogP contribution in [0.5, 0.6) is 0 Å². The fourth-order valence-electron chi connectivity index (χ4n) is 3.51. The second kappa shape index (κ2) is 7.19. The summed E-state index contributed by atoms with van der Waals surface area (Å²) < 4.78 is 6.78. The number of amides is 1. The monoisotopic (exact) mass is 374 g/mol. The molecule has 0 aliphatic heterocycles. The number of nitrogens with one attached hydrogen (secondary N) is 1. The average Bonchev–Trinajstić information content (AvgIpc) is 3.34. The molecule has 26 heavy (non-hydrogen) atoms. The quantitative estimate of drug-likeness (QED) is 0.783. The molecule has 1 fully saturated rings. The maximum absolute atomic E-state index is 12.8. The molecule has 0 saturated heterocycles. The highest BCUT2D eigenvalue weighted by Crippen LogP contribution is 2.32. The van der Waals surface area contributed by atoms with Gasteiger partial charge in [-0.3, -0.25) is 18.7 Å². The second-order valence-electron chi connectivity index (χ2n) is 7.03. The van der Waals surface area contributed by atoms with Crippen LogP contribution in [0.2, 0.25) is 0 Å². The fourth-order valence-corrected chi connectivity index (χ4v) is 4.18. The molecule has 1 amide bonds. The summed E-state index contributed by atoms with van der Waals surface area (Å²) in [6.07, 6.45) is 9.50. The van der Waals surface area contributed by atoms with Gasteiger partial charge in [-0.15, -0.1) is 0 Å². The van der Waals surface area contributed by atoms with Crippen LogP contribution in [0.15, 0.2) is 26.6 Å². The first-order valence-corrected chi connectivity index (χ1v) is 10.0. The molecule has 2 aromatic rings. The molecule has 4 rings (SSSR count). The molecule has 8 heteroatoms. The van der Waals surface area contributed by atoms with E-state index >= 15 is 0 Å². The number of allylic oxidation sites excluding steroid dienone is 1. The van der Waals surface area contributed by atoms with Crippen LogP contribution in [0, 0.1) is 0 Å². The van der Waals surface area contributed by atoms with E-state index in [1.165, 1.54) is 27.5 Å². The van der Waals surface area contributed by atoms with Gasteiger partial charge in [-0.2, -0.15) is 4.37 Å². The van der Waals surface area contributed by atoms with Gasteiger partial charge >= 0.3 is 5.69 Å². The number of fused-ring (bicyclic) bond motifs is 1. The van der Waals surface area contributed by atoms with Crippen LogP contribution < -0.4 is 16.6 Å². The number of hydrogen-bond donors (Lipinski definition) is 1. The van der Waals surface area contributed by atoms with Crippen molar-refractivity contribution in [3.63, 3.8) is 0 Å². The van der Waals surface area contributed by atoms with E-state index in [1.54, 1.807) is 5.38 Å². The SMILES string of the molecule is O=C(Cn1c(=O)n(C2CC2)c(=O)c2nscc21)NCCC1=CCCCC1. The Bertz CT molecular complexity index is 980. The van der Waals surface area contributed by atoms with E-state index < -0.39 is 5.69 Å². The number of aromatic nitrogens is 3. The van der Waals surface area contributed by atoms with Crippen LogP contribution >= 0.6 is 11.5 Å². The van der Waals surface area contributed by atoms with Crippen molar-refractivity contribution in [3.05, 3.63) is 37.9 Å². The lowest BCUT2D eigenvalue weighted by molar-refractivity contribution is -0.121. The number of nitrogens with zero attached hydrogens (tertiary/aromatic N) is 3. The van der Waals surface area contributed by atoms with Crippen LogP contribution in [0.1, 0.15) is 51.0 Å². The summed E-state index contributed by atoms with van der Waals surface area (Å²) in [5.41, 5.74) is 1.39. The van der Waals surface area contributed by atoms with Crippen molar-refractivity contribution in [2.24, 2.45) is 0 Å². The number of carbonyl (C=O) groups excluding carboxylic acids is 1. The highest BCUT2D eigenvalue weighted by atomic mass is 32.1. The van der Waals surface area contributed by atoms with Crippen molar-refractivity contribution in [1.29, 1.82) is 0 Å². The summed E-state index contributed by atoms with van der Waals surface area (Å²) >= 11 is 1.13. The van der Waals surface area contributed by atoms with Crippen molar-refractivity contribution in [2.45, 2.75) is 57.5 Å². The minimum absolute atomic E-state index is 0.0475. The van der Waals surface area contributed by atoms with Crippen LogP contribution in [0.4, 0.5) is 0 Å². The summed E-state index contributed by atoms with van der Waals surface area (Å²) in [5.74, 6) is -0.211. The molecular formula is C18H22N4O3S. The summed E-state index contributed by atoms with van der Waals surface area (Å²) in [6.45, 7) is 0.493. The summed E-state index contributed by atoms with van der Waals surface area (Å²) in [6, 6.07) is -0.0475. The van der Waals surface area contributed by atoms with Crippen LogP contribution in [0.25, 0.3) is 11.0 Å². The Morgan fingerprint density at radius 2 is 2.15 bits per heavy atom. The standard InChI is InChI=1S/C18H22N4O3S/c23-15(19-9-8-12-4-2-1-3-5-12)10-21-14-11-26-20-16(14)17(24)22(18(21)25)13-6-7-13/h4,11,13H,1-3,5-10H2,(H,19,23). The molecule has 2 aromatic heterocycles. The van der Waals surface area contributed by atoms with E-state index in [0.717, 1.165) is 43.6 Å². The van der Waals surface area contributed by atoms with E-state index in [1.807, 2.05) is 0 Å². The van der Waals surface area contributed by atoms with Crippen molar-refractivity contribution < 1.29 is 4.79 Å². The maximum Gasteiger partial charge on any atom is 0.332 e. The van der Waals surface area contributed by atoms with Crippen molar-refractivity contribution in [3.8, 4) is 0 Å². The van der Waals surface area contributed by atoms with E-state index in [9.17, 15) is 14.4 Å². The van der Waals surface area contributed by atoms with Gasteiger partial charge in [0, 0.05) is 18.0 Å². The van der Waals surface area contributed by atoms with Gasteiger partial charge in [0.1, 0.15) is 6.54 Å². The highest BCUT2D eigenvalue weighted by Gasteiger charge is 2.29. The zero-order valence-corrected chi connectivity index (χ0v) is 15.4. The predicted octanol–water partition coefficient (Wildman–Crippen LogP) is 1.96. The first-order chi connectivity index (χ1) is 12.6. The normalized spacial score (nSPS) is 17.3. The van der Waals surface area contributed by atoms with Crippen molar-refractivity contribution >= 4 is 28.5 Å². The van der Waals surface area contributed by atoms with Gasteiger partial charge in [0.2, 0.25) is 5.91 Å². The van der Waals surface area contributed by atoms with Gasteiger partial charge < -0.3 is 5.32 Å². The first kappa shape index (κ1) is 17.2. The zero-order valence-electron chi connectivity index (χ0n) is 14.6. The van der Waals surface area contributed by atoms with Crippen molar-refractivity contribution in [1.82, 2.24) is 18.8 Å². The third-order valence-electron chi connectivity index (χ3n) is 5.07. The molecule has 0 atom stereocenters. The summed E-state index contributed by atoms with van der Waals surface area (Å²) in [4.78, 5) is 37.6. The molecule has 0 spiro atoms. The number of carbonyl (C=O) groups is 1. The van der Waals surface area contributed by atoms with Gasteiger partial charge in [0.25, 0.3) is 5.56 Å². The molecule has 0 unspecified atom stereocenters. The Morgan fingerprint density at radius 3 is 2.88 bits per heavy atom. The maximum atomic E-state index is 12.8. The Kier molecular flexibility index (Phi) is 4.76. The van der Waals surface area contributed by atoms with Crippen LogP contribution in [0.3, 0.4) is 0 Å². The third-order valence-corrected chi connectivity index (χ3v) is 5.68. The van der Waals surface area contributed by atoms with Gasteiger partial charge in [-0.25, -0.2) is 4.79 Å². The topological polar surface area (TPSA) is 86.0 Å². The van der Waals surface area contributed by atoms with E-state index in [0.29, 0.717) is 12.1 Å². The molecule has 7 nitrogen and oxygen atoms in total. The van der Waals surface area contributed by atoms with Crippen molar-refractivity contribution in [2.75, 3.05) is 6.54 Å². The van der Waals surface area contributed by atoms with Gasteiger partial charge in [-0.05, 0) is 56.5 Å². The molecule has 138 valence electrons. The molecule has 0 aromatic carbocycles. The Morgan fingerprint density at radius 1 is 1.31 bits per heavy atom. The molecule has 2 aliphatic carbocycles. The largest absolute Gasteiger partial charge is 0.354 e. The van der Waals surface area contributed by atoms with Gasteiger partial charge in [0.05, 0.1) is 5.52 Å². The van der Waals surface area contributed by atoms with Crippen LogP contribution in [-0.4, -0.2) is 26.0 Å². The molecule has 0 radical (unpaired) electrons. The minimum Gasteiger partial charge on any atom is -0.354 e. The zero-order chi connectivity index (χ0) is 18.1. The van der Waals surface area contributed by atoms with E-state index in [4.69, 9.17) is 0 Å². The lowest BCUT2D eigenvalue weighted by Gasteiger charge is -2.14. The molecule has 1 N–H and O–H groups in total. The fraction of sp³-hybridized carbons (Fsp3) is 0.556. The summed E-state index contributed by atoms with van der Waals surface area (Å²) in [7, 11) is 0. The summed E-state index contributed by atoms with van der Waals surface area (Å²) in [5, 5.41) is 4.56. The Hall–Kier alpha value is -2.22. The first-order valence-electron chi connectivity index (χ1n) is 9.19. The molecule has 2 heterocycles. The molecule has 2 aliphatic rings. The van der Waals surface area contributed by atoms with Gasteiger partial charge in [0.15, 0.2) is 5.52 Å². The lowest BCUT2D eigenvalue weighted by atomic mass is 9.97.